The summed E-state index contributed by atoms with van der Waals surface area (Å²) in [5.74, 6) is -1.11. The number of allylic oxidation sites excluding steroid dienone is 1. The average molecular weight is 473 g/mol. The van der Waals surface area contributed by atoms with Crippen molar-refractivity contribution in [3.63, 3.8) is 0 Å². The highest BCUT2D eigenvalue weighted by Gasteiger charge is 2.35. The van der Waals surface area contributed by atoms with Gasteiger partial charge in [-0.1, -0.05) is 0 Å². The van der Waals surface area contributed by atoms with E-state index in [0.717, 1.165) is 13.5 Å². The molecule has 0 aromatic carbocycles. The van der Waals surface area contributed by atoms with E-state index in [1.54, 1.807) is 27.9 Å². The van der Waals surface area contributed by atoms with Gasteiger partial charge >= 0.3 is 25.4 Å². The maximum Gasteiger partial charge on any atom is 0.414 e. The van der Waals surface area contributed by atoms with Crippen molar-refractivity contribution in [1.29, 1.82) is 0 Å². The van der Waals surface area contributed by atoms with Crippen LogP contribution in [-0.2, 0) is 18.9 Å². The van der Waals surface area contributed by atoms with E-state index in [2.05, 4.69) is 10.1 Å². The molecular formula is C20H40BN5O7. The Kier molecular flexibility index (Phi) is 15.3. The molecule has 0 aromatic rings. The number of nitro groups is 1. The van der Waals surface area contributed by atoms with Crippen LogP contribution in [0.2, 0.25) is 0 Å². The minimum absolute atomic E-state index is 0.0314. The predicted molar refractivity (Wildman–Crippen MR) is 126 cm³/mol. The number of ether oxygens (including phenoxy) is 2. The number of hydrogen-bond acceptors (Lipinski definition) is 10. The van der Waals surface area contributed by atoms with E-state index in [0.29, 0.717) is 46.6 Å². The molecule has 33 heavy (non-hydrogen) atoms. The summed E-state index contributed by atoms with van der Waals surface area (Å²) in [6.07, 6.45) is 1.07. The Hall–Kier alpha value is -2.22. The smallest absolute Gasteiger partial charge is 0.414 e. The van der Waals surface area contributed by atoms with Crippen LogP contribution in [-0.4, -0.2) is 93.9 Å². The molecule has 3 N–H and O–H groups in total. The first-order valence-corrected chi connectivity index (χ1v) is 11.0. The Morgan fingerprint density at radius 1 is 1.12 bits per heavy atom. The van der Waals surface area contributed by atoms with Crippen molar-refractivity contribution < 1.29 is 28.6 Å². The van der Waals surface area contributed by atoms with Gasteiger partial charge < -0.3 is 30.0 Å². The molecule has 0 rings (SSSR count). The van der Waals surface area contributed by atoms with Gasteiger partial charge in [-0.15, -0.1) is 0 Å². The van der Waals surface area contributed by atoms with Gasteiger partial charge in [-0.3, -0.25) is 15.0 Å². The molecule has 0 unspecified atom stereocenters. The van der Waals surface area contributed by atoms with Crippen LogP contribution in [0.25, 0.3) is 0 Å². The van der Waals surface area contributed by atoms with Crippen LogP contribution < -0.4 is 11.1 Å². The molecule has 0 bridgehead atoms. The molecule has 0 aromatic heterocycles. The standard InChI is InChI=1S/C20H40BN5O7/c1-20(2,3)33-19(28)25(15-9-14-24(4)21-32-6)16(10-7-12-23-13-8-11-22)17(26(29)30)18(27)31-5/h21,23H,7-15,22H2,1-6H3/b17-16+. The van der Waals surface area contributed by atoms with Gasteiger partial charge in [0.2, 0.25) is 0 Å². The third kappa shape index (κ3) is 13.2. The van der Waals surface area contributed by atoms with E-state index >= 15 is 0 Å². The zero-order valence-corrected chi connectivity index (χ0v) is 20.8. The summed E-state index contributed by atoms with van der Waals surface area (Å²) in [6, 6.07) is 0. The van der Waals surface area contributed by atoms with E-state index < -0.39 is 28.3 Å². The summed E-state index contributed by atoms with van der Waals surface area (Å²) < 4.78 is 15.2. The monoisotopic (exact) mass is 473 g/mol. The second-order valence-electron chi connectivity index (χ2n) is 8.52. The molecule has 0 heterocycles. The Labute approximate surface area is 197 Å². The lowest BCUT2D eigenvalue weighted by Gasteiger charge is -2.29. The van der Waals surface area contributed by atoms with Gasteiger partial charge in [0.1, 0.15) is 11.3 Å². The van der Waals surface area contributed by atoms with Crippen LogP contribution in [0.3, 0.4) is 0 Å². The summed E-state index contributed by atoms with van der Waals surface area (Å²) in [5, 5.41) is 15.0. The van der Waals surface area contributed by atoms with Crippen molar-refractivity contribution in [3.8, 4) is 0 Å². The number of nitrogens with two attached hydrogens (primary N) is 1. The summed E-state index contributed by atoms with van der Waals surface area (Å²) in [5.41, 5.74) is 3.86. The number of carbonyl (C=O) groups excluding carboxylic acids is 2. The lowest BCUT2D eigenvalue weighted by Crippen LogP contribution is -2.40. The number of nitrogens with zero attached hydrogens (tertiary/aromatic N) is 3. The molecule has 0 spiro atoms. The SMILES string of the molecule is COBN(C)CCCN(C(=O)OC(C)(C)C)/C(CCCNCCCN)=C(\C(=O)OC)[N+](=O)[O-]. The number of methoxy groups -OCH3 is 1. The molecule has 0 fully saturated rings. The van der Waals surface area contributed by atoms with Crippen LogP contribution in [0.4, 0.5) is 4.79 Å². The number of nitrogens with one attached hydrogen (secondary N) is 1. The summed E-state index contributed by atoms with van der Waals surface area (Å²) in [4.78, 5) is 39.4. The lowest BCUT2D eigenvalue weighted by atomic mass is 10.1. The molecule has 0 aliphatic carbocycles. The molecule has 0 saturated carbocycles. The maximum atomic E-state index is 13.0. The topological polar surface area (TPSA) is 150 Å². The molecule has 12 nitrogen and oxygen atoms in total. The van der Waals surface area contributed by atoms with Crippen molar-refractivity contribution in [1.82, 2.24) is 15.0 Å². The van der Waals surface area contributed by atoms with Crippen molar-refractivity contribution in [2.45, 2.75) is 52.1 Å². The highest BCUT2D eigenvalue weighted by atomic mass is 16.6. The first-order chi connectivity index (χ1) is 15.5. The highest BCUT2D eigenvalue weighted by molar-refractivity contribution is 6.23. The molecule has 0 aliphatic rings. The predicted octanol–water partition coefficient (Wildman–Crippen LogP) is 0.838. The quantitative estimate of drug-likeness (QED) is 0.0824. The van der Waals surface area contributed by atoms with Crippen molar-refractivity contribution in [3.05, 3.63) is 21.5 Å². The van der Waals surface area contributed by atoms with Crippen molar-refractivity contribution >= 4 is 19.7 Å². The van der Waals surface area contributed by atoms with Crippen LogP contribution in [0, 0.1) is 10.1 Å². The Morgan fingerprint density at radius 2 is 1.76 bits per heavy atom. The van der Waals surface area contributed by atoms with E-state index in [1.807, 2.05) is 11.9 Å². The number of carbonyl (C=O) groups is 2. The fourth-order valence-electron chi connectivity index (χ4n) is 2.95. The summed E-state index contributed by atoms with van der Waals surface area (Å²) in [7, 11) is 4.88. The fraction of sp³-hybridized carbons (Fsp3) is 0.800. The molecule has 0 saturated heterocycles. The van der Waals surface area contributed by atoms with Gasteiger partial charge in [-0.2, -0.15) is 0 Å². The molecule has 0 aliphatic heterocycles. The third-order valence-electron chi connectivity index (χ3n) is 4.37. The number of hydrogen-bond donors (Lipinski definition) is 2. The van der Waals surface area contributed by atoms with E-state index in [1.165, 1.54) is 4.90 Å². The first-order valence-electron chi connectivity index (χ1n) is 11.0. The van der Waals surface area contributed by atoms with Crippen molar-refractivity contribution in [2.75, 3.05) is 54.0 Å². The largest absolute Gasteiger partial charge is 0.461 e. The van der Waals surface area contributed by atoms with Gasteiger partial charge in [-0.05, 0) is 79.7 Å². The van der Waals surface area contributed by atoms with E-state index in [9.17, 15) is 19.7 Å². The average Bonchev–Trinajstić information content (AvgIpc) is 2.71. The number of esters is 1. The molecule has 0 atom stereocenters. The van der Waals surface area contributed by atoms with Crippen molar-refractivity contribution in [2.24, 2.45) is 5.73 Å². The normalized spacial score (nSPS) is 12.2. The Balaban J connectivity index is 5.94. The molecular weight excluding hydrogens is 433 g/mol. The molecule has 1 amide bonds. The van der Waals surface area contributed by atoms with Gasteiger partial charge in [0.25, 0.3) is 0 Å². The van der Waals surface area contributed by atoms with Gasteiger partial charge in [0.05, 0.1) is 12.0 Å². The zero-order valence-electron chi connectivity index (χ0n) is 20.8. The molecule has 190 valence electrons. The number of rotatable bonds is 16. The van der Waals surface area contributed by atoms with Gasteiger partial charge in [0.15, 0.2) is 0 Å². The molecule has 13 heteroatoms. The summed E-state index contributed by atoms with van der Waals surface area (Å²) >= 11 is 0. The van der Waals surface area contributed by atoms with Crippen LogP contribution in [0.1, 0.15) is 46.5 Å². The van der Waals surface area contributed by atoms with Crippen LogP contribution >= 0.6 is 0 Å². The van der Waals surface area contributed by atoms with Gasteiger partial charge in [0, 0.05) is 13.7 Å². The van der Waals surface area contributed by atoms with Crippen LogP contribution in [0.5, 0.6) is 0 Å². The van der Waals surface area contributed by atoms with Crippen LogP contribution in [0.15, 0.2) is 11.4 Å². The minimum Gasteiger partial charge on any atom is -0.461 e. The fourth-order valence-corrected chi connectivity index (χ4v) is 2.95. The first kappa shape index (κ1) is 30.8. The maximum absolute atomic E-state index is 13.0. The Bertz CT molecular complexity index is 655. The van der Waals surface area contributed by atoms with Gasteiger partial charge in [-0.25, -0.2) is 9.59 Å². The second-order valence-corrected chi connectivity index (χ2v) is 8.52. The zero-order chi connectivity index (χ0) is 25.4. The Morgan fingerprint density at radius 3 is 2.27 bits per heavy atom. The van der Waals surface area contributed by atoms with E-state index in [-0.39, 0.29) is 18.7 Å². The highest BCUT2D eigenvalue weighted by Crippen LogP contribution is 2.22. The molecule has 0 radical (unpaired) electrons. The number of amides is 1. The lowest BCUT2D eigenvalue weighted by molar-refractivity contribution is -0.423. The third-order valence-corrected chi connectivity index (χ3v) is 4.37. The second kappa shape index (κ2) is 16.4. The van der Waals surface area contributed by atoms with E-state index in [4.69, 9.17) is 15.1 Å². The summed E-state index contributed by atoms with van der Waals surface area (Å²) in [6.45, 7) is 7.58. The minimum atomic E-state index is -1.11.